The van der Waals surface area contributed by atoms with E-state index in [0.717, 1.165) is 22.2 Å². The average molecular weight is 258 g/mol. The molecule has 2 rings (SSSR count). The maximum Gasteiger partial charge on any atom is 0.179 e. The molecular weight excluding hydrogens is 236 g/mol. The summed E-state index contributed by atoms with van der Waals surface area (Å²) < 4.78 is 2.10. The van der Waals surface area contributed by atoms with Gasteiger partial charge in [0.1, 0.15) is 0 Å². The summed E-state index contributed by atoms with van der Waals surface area (Å²) in [5.41, 5.74) is 4.24. The van der Waals surface area contributed by atoms with E-state index in [-0.39, 0.29) is 5.78 Å². The molecule has 0 amide bonds. The number of nitrogens with zero attached hydrogens (tertiary/aromatic N) is 1. The van der Waals surface area contributed by atoms with Gasteiger partial charge in [-0.3, -0.25) is 4.79 Å². The third kappa shape index (κ3) is 2.56. The molecule has 1 N–H and O–H groups in total. The van der Waals surface area contributed by atoms with Gasteiger partial charge in [0.05, 0.1) is 6.54 Å². The maximum absolute atomic E-state index is 12.4. The molecule has 2 aromatic rings. The van der Waals surface area contributed by atoms with Gasteiger partial charge in [0, 0.05) is 35.2 Å². The lowest BCUT2D eigenvalue weighted by molar-refractivity contribution is 0.0989. The molecule has 3 nitrogen and oxygen atoms in total. The minimum atomic E-state index is 0.167. The van der Waals surface area contributed by atoms with Gasteiger partial charge in [0.25, 0.3) is 0 Å². The van der Waals surface area contributed by atoms with Crippen LogP contribution < -0.4 is 5.32 Å². The fourth-order valence-corrected chi connectivity index (χ4v) is 2.41. The number of ketones is 1. The van der Waals surface area contributed by atoms with Crippen LogP contribution in [0.3, 0.4) is 0 Å². The number of Topliss-reactive ketones (excluding diaryl/α,β-unsaturated/α-hetero) is 1. The standard InChI is InChI=1S/C16H22N2O/c1-10(2)17-9-15(19)16-12(4)18(5)14-8-11(3)6-7-13(14)16/h6-8,10,17H,9H2,1-5H3. The summed E-state index contributed by atoms with van der Waals surface area (Å²) in [6.07, 6.45) is 0. The predicted molar refractivity (Wildman–Crippen MR) is 79.9 cm³/mol. The molecular formula is C16H22N2O. The molecule has 0 atom stereocenters. The predicted octanol–water partition coefficient (Wildman–Crippen LogP) is 2.98. The van der Waals surface area contributed by atoms with Crippen molar-refractivity contribution in [3.8, 4) is 0 Å². The molecule has 0 spiro atoms. The van der Waals surface area contributed by atoms with E-state index in [1.54, 1.807) is 0 Å². The summed E-state index contributed by atoms with van der Waals surface area (Å²) in [5, 5.41) is 4.25. The SMILES string of the molecule is Cc1ccc2c(C(=O)CNC(C)C)c(C)n(C)c2c1. The summed E-state index contributed by atoms with van der Waals surface area (Å²) in [5.74, 6) is 0.167. The Bertz CT molecular complexity index is 623. The van der Waals surface area contributed by atoms with Crippen molar-refractivity contribution in [2.45, 2.75) is 33.7 Å². The topological polar surface area (TPSA) is 34.0 Å². The highest BCUT2D eigenvalue weighted by Gasteiger charge is 2.18. The van der Waals surface area contributed by atoms with E-state index in [2.05, 4.69) is 35.0 Å². The maximum atomic E-state index is 12.4. The van der Waals surface area contributed by atoms with E-state index in [4.69, 9.17) is 0 Å². The Morgan fingerprint density at radius 1 is 1.32 bits per heavy atom. The van der Waals surface area contributed by atoms with Crippen LogP contribution in [0, 0.1) is 13.8 Å². The molecule has 0 aliphatic carbocycles. The van der Waals surface area contributed by atoms with Crippen LogP contribution >= 0.6 is 0 Å². The molecule has 1 heterocycles. The molecule has 0 aliphatic heterocycles. The molecule has 1 aromatic carbocycles. The first-order chi connectivity index (χ1) is 8.91. The number of aromatic nitrogens is 1. The smallest absolute Gasteiger partial charge is 0.179 e. The van der Waals surface area contributed by atoms with Gasteiger partial charge in [0.2, 0.25) is 0 Å². The number of fused-ring (bicyclic) bond motifs is 1. The van der Waals surface area contributed by atoms with Gasteiger partial charge in [-0.1, -0.05) is 26.0 Å². The zero-order chi connectivity index (χ0) is 14.2. The molecule has 0 bridgehead atoms. The average Bonchev–Trinajstić information content (AvgIpc) is 2.60. The highest BCUT2D eigenvalue weighted by Crippen LogP contribution is 2.26. The van der Waals surface area contributed by atoms with Crippen LogP contribution in [-0.2, 0) is 7.05 Å². The lowest BCUT2D eigenvalue weighted by atomic mass is 10.1. The lowest BCUT2D eigenvalue weighted by Gasteiger charge is -2.07. The van der Waals surface area contributed by atoms with E-state index < -0.39 is 0 Å². The van der Waals surface area contributed by atoms with Crippen LogP contribution in [0.1, 0.15) is 35.5 Å². The highest BCUT2D eigenvalue weighted by molar-refractivity contribution is 6.10. The summed E-state index contributed by atoms with van der Waals surface area (Å²) in [4.78, 5) is 12.4. The number of carbonyl (C=O) groups is 1. The molecule has 0 saturated carbocycles. The van der Waals surface area contributed by atoms with Gasteiger partial charge in [-0.15, -0.1) is 0 Å². The molecule has 19 heavy (non-hydrogen) atoms. The molecule has 0 fully saturated rings. The summed E-state index contributed by atoms with van der Waals surface area (Å²) >= 11 is 0. The Balaban J connectivity index is 2.48. The van der Waals surface area contributed by atoms with Gasteiger partial charge in [-0.05, 0) is 25.5 Å². The molecule has 102 valence electrons. The van der Waals surface area contributed by atoms with Crippen LogP contribution in [0.4, 0.5) is 0 Å². The van der Waals surface area contributed by atoms with E-state index in [1.807, 2.05) is 27.8 Å². The minimum Gasteiger partial charge on any atom is -0.347 e. The number of hydrogen-bond acceptors (Lipinski definition) is 2. The van der Waals surface area contributed by atoms with Crippen molar-refractivity contribution in [2.24, 2.45) is 7.05 Å². The second-order valence-corrected chi connectivity index (χ2v) is 5.50. The van der Waals surface area contributed by atoms with E-state index in [0.29, 0.717) is 12.6 Å². The van der Waals surface area contributed by atoms with Gasteiger partial charge >= 0.3 is 0 Å². The second kappa shape index (κ2) is 5.17. The largest absolute Gasteiger partial charge is 0.347 e. The van der Waals surface area contributed by atoms with E-state index in [9.17, 15) is 4.79 Å². The Morgan fingerprint density at radius 2 is 2.00 bits per heavy atom. The third-order valence-electron chi connectivity index (χ3n) is 3.60. The number of benzene rings is 1. The fraction of sp³-hybridized carbons (Fsp3) is 0.438. The normalized spacial score (nSPS) is 11.5. The van der Waals surface area contributed by atoms with E-state index >= 15 is 0 Å². The molecule has 0 saturated heterocycles. The molecule has 0 radical (unpaired) electrons. The highest BCUT2D eigenvalue weighted by atomic mass is 16.1. The van der Waals surface area contributed by atoms with Gasteiger partial charge in [-0.2, -0.15) is 0 Å². The molecule has 0 unspecified atom stereocenters. The Kier molecular flexibility index (Phi) is 3.76. The van der Waals surface area contributed by atoms with Crippen molar-refractivity contribution < 1.29 is 4.79 Å². The molecule has 3 heteroatoms. The van der Waals surface area contributed by atoms with Crippen molar-refractivity contribution in [2.75, 3.05) is 6.54 Å². The zero-order valence-electron chi connectivity index (χ0n) is 12.4. The minimum absolute atomic E-state index is 0.167. The zero-order valence-corrected chi connectivity index (χ0v) is 12.4. The number of aryl methyl sites for hydroxylation is 2. The van der Waals surface area contributed by atoms with Crippen LogP contribution in [0.25, 0.3) is 10.9 Å². The van der Waals surface area contributed by atoms with Crippen molar-refractivity contribution in [3.63, 3.8) is 0 Å². The van der Waals surface area contributed by atoms with Crippen LogP contribution in [0.5, 0.6) is 0 Å². The second-order valence-electron chi connectivity index (χ2n) is 5.50. The number of nitrogens with one attached hydrogen (secondary N) is 1. The van der Waals surface area contributed by atoms with Crippen molar-refractivity contribution in [1.29, 1.82) is 0 Å². The first kappa shape index (κ1) is 13.8. The number of hydrogen-bond donors (Lipinski definition) is 1. The van der Waals surface area contributed by atoms with Gasteiger partial charge < -0.3 is 9.88 Å². The first-order valence-electron chi connectivity index (χ1n) is 6.74. The quantitative estimate of drug-likeness (QED) is 0.855. The fourth-order valence-electron chi connectivity index (χ4n) is 2.41. The monoisotopic (exact) mass is 258 g/mol. The van der Waals surface area contributed by atoms with Crippen LogP contribution in [0.15, 0.2) is 18.2 Å². The Morgan fingerprint density at radius 3 is 2.63 bits per heavy atom. The number of carbonyl (C=O) groups excluding carboxylic acids is 1. The van der Waals surface area contributed by atoms with Crippen molar-refractivity contribution in [3.05, 3.63) is 35.0 Å². The van der Waals surface area contributed by atoms with Gasteiger partial charge in [0.15, 0.2) is 5.78 Å². The van der Waals surface area contributed by atoms with Crippen molar-refractivity contribution >= 4 is 16.7 Å². The van der Waals surface area contributed by atoms with Gasteiger partial charge in [-0.25, -0.2) is 0 Å². The van der Waals surface area contributed by atoms with E-state index in [1.165, 1.54) is 5.56 Å². The summed E-state index contributed by atoms with van der Waals surface area (Å²) in [6, 6.07) is 6.57. The molecule has 1 aromatic heterocycles. The first-order valence-corrected chi connectivity index (χ1v) is 6.74. The summed E-state index contributed by atoms with van der Waals surface area (Å²) in [6.45, 7) is 8.58. The Labute approximate surface area is 114 Å². The third-order valence-corrected chi connectivity index (χ3v) is 3.60. The molecule has 0 aliphatic rings. The Hall–Kier alpha value is -1.61. The van der Waals surface area contributed by atoms with Crippen LogP contribution in [-0.4, -0.2) is 22.9 Å². The lowest BCUT2D eigenvalue weighted by Crippen LogP contribution is -2.29. The number of rotatable bonds is 4. The van der Waals surface area contributed by atoms with Crippen molar-refractivity contribution in [1.82, 2.24) is 9.88 Å². The summed E-state index contributed by atoms with van der Waals surface area (Å²) in [7, 11) is 2.02. The van der Waals surface area contributed by atoms with Crippen LogP contribution in [0.2, 0.25) is 0 Å².